The summed E-state index contributed by atoms with van der Waals surface area (Å²) in [6.07, 6.45) is 2.44. The molecule has 0 spiro atoms. The molecule has 4 aromatic rings. The Kier molecular flexibility index (Phi) is 8.24. The lowest BCUT2D eigenvalue weighted by Gasteiger charge is -2.50. The number of nitrogens with zero attached hydrogens (tertiary/aromatic N) is 2. The number of nitrogens with one attached hydrogen (secondary N) is 1. The van der Waals surface area contributed by atoms with E-state index in [1.165, 1.54) is 4.90 Å². The molecule has 2 aliphatic heterocycles. The molecule has 2 aliphatic carbocycles. The number of aryl methyl sites for hydroxylation is 1. The number of anilines is 2. The molecule has 2 N–H and O–H groups in total. The number of fused-ring (bicyclic) bond motifs is 4. The number of hydrazine groups is 1. The van der Waals surface area contributed by atoms with Crippen LogP contribution >= 0.6 is 22.6 Å². The van der Waals surface area contributed by atoms with E-state index >= 15 is 4.79 Å². The Morgan fingerprint density at radius 1 is 0.863 bits per heavy atom. The number of hydrogen-bond donors (Lipinski definition) is 2. The van der Waals surface area contributed by atoms with Gasteiger partial charge >= 0.3 is 0 Å². The van der Waals surface area contributed by atoms with Crippen LogP contribution < -0.4 is 15.1 Å². The van der Waals surface area contributed by atoms with Crippen LogP contribution in [-0.2, 0) is 24.6 Å². The van der Waals surface area contributed by atoms with Gasteiger partial charge in [0.15, 0.2) is 11.5 Å². The van der Waals surface area contributed by atoms with E-state index in [-0.39, 0.29) is 36.2 Å². The van der Waals surface area contributed by atoms with Crippen molar-refractivity contribution in [1.29, 1.82) is 0 Å². The quantitative estimate of drug-likeness (QED) is 0.119. The molecule has 0 radical (unpaired) electrons. The van der Waals surface area contributed by atoms with Gasteiger partial charge in [0.05, 0.1) is 41.2 Å². The third-order valence-corrected chi connectivity index (χ3v) is 11.8. The SMILES string of the molecule is CCOc1cccc([C@H]2C3=CC[C@@H]4C(=O)N(c5ccc(I)cc5)C(=O)[C@@H]4[C@@H]3C[C@H]3C(=O)N(Nc4ccc(C)cc4)C(=O)[C@@]23c2ccccc2)c1O. The maximum absolute atomic E-state index is 15.3. The second-order valence-electron chi connectivity index (χ2n) is 13.7. The number of ether oxygens (including phenoxy) is 1. The summed E-state index contributed by atoms with van der Waals surface area (Å²) >= 11 is 2.18. The summed E-state index contributed by atoms with van der Waals surface area (Å²) < 4.78 is 6.81. The van der Waals surface area contributed by atoms with Gasteiger partial charge in [-0.1, -0.05) is 71.8 Å². The predicted molar refractivity (Wildman–Crippen MR) is 200 cm³/mol. The van der Waals surface area contributed by atoms with Crippen molar-refractivity contribution in [2.75, 3.05) is 16.9 Å². The minimum atomic E-state index is -1.49. The van der Waals surface area contributed by atoms with Crippen LogP contribution in [0.25, 0.3) is 0 Å². The van der Waals surface area contributed by atoms with Crippen molar-refractivity contribution in [3.63, 3.8) is 0 Å². The molecular weight excluding hydrogens is 757 g/mol. The van der Waals surface area contributed by atoms with Crippen molar-refractivity contribution < 1.29 is 29.0 Å². The number of phenolic OH excluding ortho intramolecular Hbond substituents is 1. The van der Waals surface area contributed by atoms with Crippen molar-refractivity contribution >= 4 is 57.6 Å². The van der Waals surface area contributed by atoms with E-state index in [0.29, 0.717) is 29.1 Å². The van der Waals surface area contributed by atoms with Crippen LogP contribution in [0.1, 0.15) is 42.4 Å². The second-order valence-corrected chi connectivity index (χ2v) is 15.0. The summed E-state index contributed by atoms with van der Waals surface area (Å²) in [4.78, 5) is 59.9. The molecule has 258 valence electrons. The molecule has 8 rings (SSSR count). The van der Waals surface area contributed by atoms with Crippen molar-refractivity contribution in [1.82, 2.24) is 5.01 Å². The standard InChI is InChI=1S/C41H36IN3O6/c1-3-51-33-11-7-10-30(36(33)46)35-28-20-21-29-34(39(49)44(37(29)47)27-18-14-25(42)15-19-27)31(28)22-32-38(48)45(43-26-16-12-23(2)13-17-26)40(50)41(32,35)24-8-5-4-6-9-24/h4-20,29,31-32,34-35,43,46H,3,21-22H2,1-2H3/t29-,31+,32-,34-,35+,41+/m0/s1. The van der Waals surface area contributed by atoms with E-state index in [0.717, 1.165) is 19.7 Å². The maximum atomic E-state index is 15.3. The first-order chi connectivity index (χ1) is 24.7. The Balaban J connectivity index is 1.33. The summed E-state index contributed by atoms with van der Waals surface area (Å²) in [5.41, 5.74) is 5.55. The highest BCUT2D eigenvalue weighted by Gasteiger charge is 2.70. The number of amides is 4. The smallest absolute Gasteiger partial charge is 0.260 e. The lowest BCUT2D eigenvalue weighted by molar-refractivity contribution is -0.138. The lowest BCUT2D eigenvalue weighted by Crippen LogP contribution is -2.53. The van der Waals surface area contributed by atoms with Gasteiger partial charge in [0, 0.05) is 15.1 Å². The number of hydrogen-bond acceptors (Lipinski definition) is 7. The largest absolute Gasteiger partial charge is 0.504 e. The predicted octanol–water partition coefficient (Wildman–Crippen LogP) is 6.89. The molecule has 2 saturated heterocycles. The molecule has 0 aromatic heterocycles. The Morgan fingerprint density at radius 3 is 2.29 bits per heavy atom. The highest BCUT2D eigenvalue weighted by Crippen LogP contribution is 2.65. The monoisotopic (exact) mass is 793 g/mol. The molecule has 0 unspecified atom stereocenters. The van der Waals surface area contributed by atoms with Crippen molar-refractivity contribution in [3.8, 4) is 11.5 Å². The third kappa shape index (κ3) is 5.01. The van der Waals surface area contributed by atoms with Crippen LogP contribution in [0.3, 0.4) is 0 Å². The topological polar surface area (TPSA) is 116 Å². The number of para-hydroxylation sites is 1. The Morgan fingerprint density at radius 2 is 1.59 bits per heavy atom. The van der Waals surface area contributed by atoms with E-state index in [1.807, 2.05) is 86.7 Å². The average molecular weight is 794 g/mol. The third-order valence-electron chi connectivity index (χ3n) is 11.1. The van der Waals surface area contributed by atoms with Gasteiger partial charge in [0.2, 0.25) is 11.8 Å². The van der Waals surface area contributed by atoms with Gasteiger partial charge in [-0.3, -0.25) is 29.5 Å². The summed E-state index contributed by atoms with van der Waals surface area (Å²) in [6, 6.07) is 29.2. The maximum Gasteiger partial charge on any atom is 0.260 e. The molecule has 10 heteroatoms. The number of halogens is 1. The Labute approximate surface area is 309 Å². The Hall–Kier alpha value is -4.97. The van der Waals surface area contributed by atoms with Gasteiger partial charge in [0.1, 0.15) is 0 Å². The first-order valence-electron chi connectivity index (χ1n) is 17.2. The lowest BCUT2D eigenvalue weighted by atomic mass is 9.49. The fraction of sp³-hybridized carbons (Fsp3) is 0.268. The zero-order valence-corrected chi connectivity index (χ0v) is 30.2. The van der Waals surface area contributed by atoms with Crippen LogP contribution in [0.15, 0.2) is 109 Å². The second kappa shape index (κ2) is 12.7. The highest BCUT2D eigenvalue weighted by molar-refractivity contribution is 14.1. The molecule has 51 heavy (non-hydrogen) atoms. The average Bonchev–Trinajstić information content (AvgIpc) is 3.52. The van der Waals surface area contributed by atoms with E-state index in [1.54, 1.807) is 30.3 Å². The molecule has 4 amide bonds. The number of phenols is 1. The van der Waals surface area contributed by atoms with Gasteiger partial charge < -0.3 is 9.84 Å². The molecular formula is C41H36IN3O6. The minimum Gasteiger partial charge on any atom is -0.504 e. The van der Waals surface area contributed by atoms with Crippen molar-refractivity contribution in [3.05, 3.63) is 129 Å². The van der Waals surface area contributed by atoms with Crippen LogP contribution in [0.5, 0.6) is 11.5 Å². The number of allylic oxidation sites excluding steroid dienone is 2. The molecule has 4 aromatic carbocycles. The summed E-state index contributed by atoms with van der Waals surface area (Å²) in [7, 11) is 0. The van der Waals surface area contributed by atoms with E-state index in [9.17, 15) is 19.5 Å². The number of rotatable bonds is 7. The van der Waals surface area contributed by atoms with Crippen molar-refractivity contribution in [2.45, 2.75) is 38.0 Å². The van der Waals surface area contributed by atoms with Crippen LogP contribution in [0, 0.1) is 34.2 Å². The fourth-order valence-corrected chi connectivity index (χ4v) is 9.34. The molecule has 4 aliphatic rings. The Bertz CT molecular complexity index is 2100. The number of benzene rings is 4. The van der Waals surface area contributed by atoms with E-state index in [4.69, 9.17) is 4.74 Å². The number of aromatic hydroxyl groups is 1. The van der Waals surface area contributed by atoms with E-state index in [2.05, 4.69) is 28.0 Å². The molecule has 3 fully saturated rings. The van der Waals surface area contributed by atoms with Crippen molar-refractivity contribution in [2.24, 2.45) is 23.7 Å². The van der Waals surface area contributed by atoms with Gasteiger partial charge in [-0.15, -0.1) is 0 Å². The van der Waals surface area contributed by atoms with Crippen LogP contribution in [0.2, 0.25) is 0 Å². The highest BCUT2D eigenvalue weighted by atomic mass is 127. The first-order valence-corrected chi connectivity index (χ1v) is 18.3. The summed E-state index contributed by atoms with van der Waals surface area (Å²) in [6.45, 7) is 4.09. The summed E-state index contributed by atoms with van der Waals surface area (Å²) in [5.74, 6) is -5.03. The number of carbonyl (C=O) groups excluding carboxylic acids is 4. The zero-order valence-electron chi connectivity index (χ0n) is 28.1. The zero-order chi connectivity index (χ0) is 35.6. The summed E-state index contributed by atoms with van der Waals surface area (Å²) in [5, 5.41) is 13.0. The molecule has 6 atom stereocenters. The first kappa shape index (κ1) is 33.2. The van der Waals surface area contributed by atoms with E-state index < -0.39 is 46.8 Å². The number of carbonyl (C=O) groups is 4. The molecule has 1 saturated carbocycles. The van der Waals surface area contributed by atoms with Crippen LogP contribution in [0.4, 0.5) is 11.4 Å². The van der Waals surface area contributed by atoms with Gasteiger partial charge in [0.25, 0.3) is 11.8 Å². The molecule has 0 bridgehead atoms. The molecule has 9 nitrogen and oxygen atoms in total. The number of imide groups is 2. The van der Waals surface area contributed by atoms with Gasteiger partial charge in [-0.05, 0) is 103 Å². The van der Waals surface area contributed by atoms with Gasteiger partial charge in [-0.25, -0.2) is 0 Å². The van der Waals surface area contributed by atoms with Gasteiger partial charge in [-0.2, -0.15) is 5.01 Å². The molecule has 2 heterocycles. The van der Waals surface area contributed by atoms with Crippen LogP contribution in [-0.4, -0.2) is 40.4 Å². The minimum absolute atomic E-state index is 0.124. The normalized spacial score (nSPS) is 26.8. The fourth-order valence-electron chi connectivity index (χ4n) is 8.98.